The molecule has 1 aromatic rings. The molecule has 19 heavy (non-hydrogen) atoms. The number of rotatable bonds is 2. The van der Waals surface area contributed by atoms with E-state index in [4.69, 9.17) is 0 Å². The summed E-state index contributed by atoms with van der Waals surface area (Å²) in [6.07, 6.45) is 3.24. The second-order valence-corrected chi connectivity index (χ2v) is 4.22. The van der Waals surface area contributed by atoms with E-state index in [-0.39, 0.29) is 11.6 Å². The molecule has 2 aliphatic rings. The highest BCUT2D eigenvalue weighted by Crippen LogP contribution is 2.27. The maximum atomic E-state index is 12.2. The van der Waals surface area contributed by atoms with Crippen LogP contribution in [0.15, 0.2) is 41.3 Å². The van der Waals surface area contributed by atoms with Gasteiger partial charge in [0, 0.05) is 18.3 Å². The molecule has 1 saturated heterocycles. The van der Waals surface area contributed by atoms with Crippen LogP contribution in [0.1, 0.15) is 11.6 Å². The summed E-state index contributed by atoms with van der Waals surface area (Å²) in [5.41, 5.74) is 0.709. The average molecular weight is 258 g/mol. The van der Waals surface area contributed by atoms with Crippen molar-refractivity contribution in [2.75, 3.05) is 6.54 Å². The summed E-state index contributed by atoms with van der Waals surface area (Å²) in [6, 6.07) is 5.47. The minimum atomic E-state index is -0.506. The number of amides is 1. The smallest absolute Gasteiger partial charge is 0.269 e. The zero-order valence-electron chi connectivity index (χ0n) is 9.81. The number of non-ortho nitro benzene ring substituents is 1. The topological polar surface area (TPSA) is 87.8 Å². The molecule has 96 valence electrons. The van der Waals surface area contributed by atoms with Gasteiger partial charge in [-0.05, 0) is 17.7 Å². The van der Waals surface area contributed by atoms with E-state index in [1.54, 1.807) is 29.4 Å². The van der Waals surface area contributed by atoms with E-state index >= 15 is 0 Å². The first-order valence-electron chi connectivity index (χ1n) is 5.71. The summed E-state index contributed by atoms with van der Waals surface area (Å²) >= 11 is 0. The number of nitro benzene ring substituents is 1. The average Bonchev–Trinajstić information content (AvgIpc) is 2.77. The summed E-state index contributed by atoms with van der Waals surface area (Å²) in [4.78, 5) is 27.9. The molecule has 1 unspecified atom stereocenters. The Balaban J connectivity index is 1.87. The minimum Gasteiger partial charge on any atom is -0.355 e. The SMILES string of the molecule is O=C1C(c2ccc([N+](=O)[O-])cc2)NC2=CN=CCN12. The van der Waals surface area contributed by atoms with Gasteiger partial charge in [0.15, 0.2) is 0 Å². The zero-order valence-corrected chi connectivity index (χ0v) is 9.81. The van der Waals surface area contributed by atoms with Gasteiger partial charge in [0.2, 0.25) is 0 Å². The molecule has 0 aliphatic carbocycles. The Hall–Kier alpha value is -2.70. The maximum absolute atomic E-state index is 12.2. The summed E-state index contributed by atoms with van der Waals surface area (Å²) < 4.78 is 0. The third-order valence-electron chi connectivity index (χ3n) is 3.10. The quantitative estimate of drug-likeness (QED) is 0.632. The van der Waals surface area contributed by atoms with Crippen LogP contribution in [0.3, 0.4) is 0 Å². The van der Waals surface area contributed by atoms with Crippen molar-refractivity contribution in [1.29, 1.82) is 0 Å². The Morgan fingerprint density at radius 1 is 1.37 bits per heavy atom. The lowest BCUT2D eigenvalue weighted by molar-refractivity contribution is -0.384. The molecule has 2 aliphatic heterocycles. The van der Waals surface area contributed by atoms with Crippen molar-refractivity contribution < 1.29 is 9.72 Å². The van der Waals surface area contributed by atoms with Crippen LogP contribution in [-0.2, 0) is 4.79 Å². The molecule has 7 nitrogen and oxygen atoms in total. The first kappa shape index (κ1) is 11.4. The number of benzene rings is 1. The van der Waals surface area contributed by atoms with E-state index < -0.39 is 11.0 Å². The molecule has 1 aromatic carbocycles. The fourth-order valence-corrected chi connectivity index (χ4v) is 2.12. The van der Waals surface area contributed by atoms with Crippen molar-refractivity contribution >= 4 is 17.8 Å². The van der Waals surface area contributed by atoms with E-state index in [1.807, 2.05) is 0 Å². The number of hydrogen-bond donors (Lipinski definition) is 1. The Morgan fingerprint density at radius 3 is 2.74 bits per heavy atom. The van der Waals surface area contributed by atoms with Crippen molar-refractivity contribution in [3.05, 3.63) is 52.0 Å². The van der Waals surface area contributed by atoms with Gasteiger partial charge in [-0.25, -0.2) is 0 Å². The molecule has 0 aromatic heterocycles. The standard InChI is InChI=1S/C12H10N4O3/c17-12-11(14-10-7-13-5-6-15(10)12)8-1-3-9(4-2-8)16(18)19/h1-5,7,11,14H,6H2. The monoisotopic (exact) mass is 258 g/mol. The van der Waals surface area contributed by atoms with Gasteiger partial charge in [0.1, 0.15) is 11.9 Å². The minimum absolute atomic E-state index is 0.00877. The fourth-order valence-electron chi connectivity index (χ4n) is 2.12. The largest absolute Gasteiger partial charge is 0.355 e. The lowest BCUT2D eigenvalue weighted by atomic mass is 10.1. The predicted molar refractivity (Wildman–Crippen MR) is 67.3 cm³/mol. The van der Waals surface area contributed by atoms with Gasteiger partial charge in [-0.15, -0.1) is 0 Å². The van der Waals surface area contributed by atoms with Gasteiger partial charge < -0.3 is 5.32 Å². The third kappa shape index (κ3) is 1.85. The molecule has 2 heterocycles. The number of nitrogens with one attached hydrogen (secondary N) is 1. The Kier molecular flexibility index (Phi) is 2.52. The number of nitrogens with zero attached hydrogens (tertiary/aromatic N) is 3. The van der Waals surface area contributed by atoms with Gasteiger partial charge in [-0.1, -0.05) is 0 Å². The number of fused-ring (bicyclic) bond motifs is 1. The number of carbonyl (C=O) groups is 1. The summed E-state index contributed by atoms with van der Waals surface area (Å²) in [5.74, 6) is 0.585. The van der Waals surface area contributed by atoms with Crippen LogP contribution in [0.2, 0.25) is 0 Å². The number of hydrogen-bond acceptors (Lipinski definition) is 5. The van der Waals surface area contributed by atoms with Crippen LogP contribution in [0.4, 0.5) is 5.69 Å². The van der Waals surface area contributed by atoms with Gasteiger partial charge >= 0.3 is 0 Å². The molecule has 0 saturated carbocycles. The van der Waals surface area contributed by atoms with Crippen molar-refractivity contribution in [3.63, 3.8) is 0 Å². The fraction of sp³-hybridized carbons (Fsp3) is 0.167. The first-order chi connectivity index (χ1) is 9.16. The molecular weight excluding hydrogens is 248 g/mol. The van der Waals surface area contributed by atoms with Crippen molar-refractivity contribution in [3.8, 4) is 0 Å². The van der Waals surface area contributed by atoms with Crippen LogP contribution in [0.5, 0.6) is 0 Å². The molecule has 0 bridgehead atoms. The molecule has 1 atom stereocenters. The Morgan fingerprint density at radius 2 is 2.11 bits per heavy atom. The predicted octanol–water partition coefficient (Wildman–Crippen LogP) is 0.951. The van der Waals surface area contributed by atoms with Gasteiger partial charge in [-0.2, -0.15) is 0 Å². The number of aliphatic imine (C=N–C) groups is 1. The van der Waals surface area contributed by atoms with E-state index in [2.05, 4.69) is 10.3 Å². The summed E-state index contributed by atoms with van der Waals surface area (Å²) in [6.45, 7) is 0.446. The lowest BCUT2D eigenvalue weighted by Gasteiger charge is -2.15. The number of nitro groups is 1. The first-order valence-corrected chi connectivity index (χ1v) is 5.71. The van der Waals surface area contributed by atoms with Crippen LogP contribution in [-0.4, -0.2) is 28.5 Å². The van der Waals surface area contributed by atoms with Gasteiger partial charge in [0.05, 0.1) is 17.7 Å². The summed E-state index contributed by atoms with van der Waals surface area (Å²) in [5, 5.41) is 13.7. The van der Waals surface area contributed by atoms with E-state index in [0.29, 0.717) is 17.9 Å². The molecule has 0 radical (unpaired) electrons. The number of carbonyl (C=O) groups excluding carboxylic acids is 1. The normalized spacial score (nSPS) is 20.8. The zero-order chi connectivity index (χ0) is 13.4. The molecule has 7 heteroatoms. The Bertz CT molecular complexity index is 606. The highest BCUT2D eigenvalue weighted by molar-refractivity contribution is 5.90. The van der Waals surface area contributed by atoms with Crippen molar-refractivity contribution in [2.24, 2.45) is 4.99 Å². The van der Waals surface area contributed by atoms with Crippen LogP contribution in [0, 0.1) is 10.1 Å². The maximum Gasteiger partial charge on any atom is 0.269 e. The van der Waals surface area contributed by atoms with Gasteiger partial charge in [-0.3, -0.25) is 24.8 Å². The van der Waals surface area contributed by atoms with Gasteiger partial charge in [0.25, 0.3) is 11.6 Å². The summed E-state index contributed by atoms with van der Waals surface area (Å²) in [7, 11) is 0. The van der Waals surface area contributed by atoms with E-state index in [0.717, 1.165) is 0 Å². The lowest BCUT2D eigenvalue weighted by Crippen LogP contribution is -2.28. The van der Waals surface area contributed by atoms with Crippen molar-refractivity contribution in [2.45, 2.75) is 6.04 Å². The third-order valence-corrected chi connectivity index (χ3v) is 3.10. The molecule has 3 rings (SSSR count). The molecule has 1 N–H and O–H groups in total. The van der Waals surface area contributed by atoms with Crippen LogP contribution in [0.25, 0.3) is 0 Å². The van der Waals surface area contributed by atoms with Crippen molar-refractivity contribution in [1.82, 2.24) is 10.2 Å². The van der Waals surface area contributed by atoms with E-state index in [9.17, 15) is 14.9 Å². The van der Waals surface area contributed by atoms with Crippen LogP contribution < -0.4 is 5.32 Å². The second kappa shape index (κ2) is 4.20. The molecular formula is C12H10N4O3. The Labute approximate surface area is 108 Å². The highest BCUT2D eigenvalue weighted by atomic mass is 16.6. The highest BCUT2D eigenvalue weighted by Gasteiger charge is 2.36. The molecule has 0 spiro atoms. The molecule has 1 fully saturated rings. The van der Waals surface area contributed by atoms with E-state index in [1.165, 1.54) is 12.1 Å². The van der Waals surface area contributed by atoms with Crippen LogP contribution >= 0.6 is 0 Å². The second-order valence-electron chi connectivity index (χ2n) is 4.22. The molecule has 1 amide bonds.